The van der Waals surface area contributed by atoms with E-state index in [-0.39, 0.29) is 11.3 Å². The number of H-pyrrole nitrogens is 1. The van der Waals surface area contributed by atoms with Crippen molar-refractivity contribution < 1.29 is 5.11 Å². The number of pyridine rings is 1. The Kier molecular flexibility index (Phi) is 3.88. The van der Waals surface area contributed by atoms with Gasteiger partial charge in [0.05, 0.1) is 5.69 Å². The molecule has 23 heavy (non-hydrogen) atoms. The molecule has 0 unspecified atom stereocenters. The van der Waals surface area contributed by atoms with E-state index in [9.17, 15) is 15.2 Å². The highest BCUT2D eigenvalue weighted by Crippen LogP contribution is 2.31. The minimum absolute atomic E-state index is 0.0199. The van der Waals surface area contributed by atoms with Gasteiger partial charge in [-0.2, -0.15) is 5.26 Å². The fourth-order valence-electron chi connectivity index (χ4n) is 2.37. The maximum Gasteiger partial charge on any atom is 0.266 e. The number of aromatic amines is 1. The summed E-state index contributed by atoms with van der Waals surface area (Å²) in [6.45, 7) is 0. The number of para-hydroxylation sites is 1. The lowest BCUT2D eigenvalue weighted by atomic mass is 9.99. The summed E-state index contributed by atoms with van der Waals surface area (Å²) in [5, 5.41) is 19.8. The SMILES string of the molecule is N#Cc1c(-c2ccc(Cl)cc2)cc(-c2ccccc2O)[nH]c1=O. The summed E-state index contributed by atoms with van der Waals surface area (Å²) in [5.41, 5.74) is 1.64. The number of phenols is 1. The van der Waals surface area contributed by atoms with Crippen molar-refractivity contribution >= 4 is 11.6 Å². The summed E-state index contributed by atoms with van der Waals surface area (Å²) < 4.78 is 0. The summed E-state index contributed by atoms with van der Waals surface area (Å²) in [4.78, 5) is 14.9. The molecule has 0 atom stereocenters. The summed E-state index contributed by atoms with van der Waals surface area (Å²) >= 11 is 5.89. The Morgan fingerprint density at radius 2 is 1.74 bits per heavy atom. The molecule has 0 spiro atoms. The summed E-state index contributed by atoms with van der Waals surface area (Å²) in [6.07, 6.45) is 0. The van der Waals surface area contributed by atoms with Crippen LogP contribution in [0.5, 0.6) is 5.75 Å². The van der Waals surface area contributed by atoms with Gasteiger partial charge in [-0.05, 0) is 35.9 Å². The van der Waals surface area contributed by atoms with Crippen molar-refractivity contribution in [1.29, 1.82) is 5.26 Å². The maximum absolute atomic E-state index is 12.2. The van der Waals surface area contributed by atoms with Crippen LogP contribution in [-0.4, -0.2) is 10.1 Å². The molecule has 2 N–H and O–H groups in total. The first-order valence-electron chi connectivity index (χ1n) is 6.82. The summed E-state index contributed by atoms with van der Waals surface area (Å²) in [6, 6.07) is 17.2. The van der Waals surface area contributed by atoms with Crippen molar-refractivity contribution in [3.05, 3.63) is 75.5 Å². The Bertz CT molecular complexity index is 970. The number of phenolic OH excluding ortho intramolecular Hbond substituents is 1. The molecule has 112 valence electrons. The van der Waals surface area contributed by atoms with E-state index < -0.39 is 5.56 Å². The van der Waals surface area contributed by atoms with Gasteiger partial charge in [0, 0.05) is 16.1 Å². The fraction of sp³-hybridized carbons (Fsp3) is 0. The first-order valence-corrected chi connectivity index (χ1v) is 7.19. The van der Waals surface area contributed by atoms with Crippen LogP contribution < -0.4 is 5.56 Å². The van der Waals surface area contributed by atoms with E-state index in [2.05, 4.69) is 4.98 Å². The predicted octanol–water partition coefficient (Wildman–Crippen LogP) is 3.94. The average molecular weight is 323 g/mol. The van der Waals surface area contributed by atoms with E-state index in [1.165, 1.54) is 6.07 Å². The normalized spacial score (nSPS) is 10.3. The Labute approximate surface area is 137 Å². The first kappa shape index (κ1) is 14.9. The van der Waals surface area contributed by atoms with Crippen LogP contribution in [0.2, 0.25) is 5.02 Å². The van der Waals surface area contributed by atoms with Crippen molar-refractivity contribution in [2.75, 3.05) is 0 Å². The summed E-state index contributed by atoms with van der Waals surface area (Å²) in [5.74, 6) is 0.0508. The van der Waals surface area contributed by atoms with Gasteiger partial charge in [0.2, 0.25) is 0 Å². The highest BCUT2D eigenvalue weighted by Gasteiger charge is 2.13. The number of hydrogen-bond donors (Lipinski definition) is 2. The molecule has 0 saturated heterocycles. The molecule has 0 saturated carbocycles. The minimum atomic E-state index is -0.502. The number of nitrogens with one attached hydrogen (secondary N) is 1. The monoisotopic (exact) mass is 322 g/mol. The molecule has 0 aliphatic heterocycles. The molecule has 0 amide bonds. The van der Waals surface area contributed by atoms with Crippen LogP contribution in [0.4, 0.5) is 0 Å². The molecule has 2 aromatic carbocycles. The molecule has 5 heteroatoms. The quantitative estimate of drug-likeness (QED) is 0.750. The van der Waals surface area contributed by atoms with Crippen LogP contribution in [0.1, 0.15) is 5.56 Å². The minimum Gasteiger partial charge on any atom is -0.507 e. The van der Waals surface area contributed by atoms with Crippen LogP contribution >= 0.6 is 11.6 Å². The van der Waals surface area contributed by atoms with E-state index in [0.717, 1.165) is 0 Å². The van der Waals surface area contributed by atoms with Gasteiger partial charge < -0.3 is 10.1 Å². The number of nitriles is 1. The molecule has 0 fully saturated rings. The van der Waals surface area contributed by atoms with E-state index in [4.69, 9.17) is 11.6 Å². The van der Waals surface area contributed by atoms with Crippen LogP contribution in [0.3, 0.4) is 0 Å². The van der Waals surface area contributed by atoms with Crippen molar-refractivity contribution in [2.24, 2.45) is 0 Å². The standard InChI is InChI=1S/C18H11ClN2O2/c19-12-7-5-11(6-8-12)14-9-16(21-18(23)15(14)10-20)13-3-1-2-4-17(13)22/h1-9,22H,(H,21,23). The number of nitrogens with zero attached hydrogens (tertiary/aromatic N) is 1. The third-order valence-corrected chi connectivity index (χ3v) is 3.75. The van der Waals surface area contributed by atoms with E-state index in [0.29, 0.717) is 27.4 Å². The maximum atomic E-state index is 12.2. The third-order valence-electron chi connectivity index (χ3n) is 3.49. The van der Waals surface area contributed by atoms with Gasteiger partial charge in [0.1, 0.15) is 17.4 Å². The topological polar surface area (TPSA) is 76.9 Å². The lowest BCUT2D eigenvalue weighted by Crippen LogP contribution is -2.12. The lowest BCUT2D eigenvalue weighted by Gasteiger charge is -2.09. The second-order valence-electron chi connectivity index (χ2n) is 4.94. The highest BCUT2D eigenvalue weighted by atomic mass is 35.5. The molecular weight excluding hydrogens is 312 g/mol. The number of benzene rings is 2. The van der Waals surface area contributed by atoms with Gasteiger partial charge in [-0.25, -0.2) is 0 Å². The van der Waals surface area contributed by atoms with Crippen LogP contribution in [0.15, 0.2) is 59.4 Å². The van der Waals surface area contributed by atoms with Crippen molar-refractivity contribution in [3.63, 3.8) is 0 Å². The molecule has 4 nitrogen and oxygen atoms in total. The van der Waals surface area contributed by atoms with Crippen molar-refractivity contribution in [1.82, 2.24) is 4.98 Å². The third kappa shape index (κ3) is 2.83. The van der Waals surface area contributed by atoms with Crippen LogP contribution in [-0.2, 0) is 0 Å². The zero-order valence-corrected chi connectivity index (χ0v) is 12.6. The zero-order valence-electron chi connectivity index (χ0n) is 11.9. The fourth-order valence-corrected chi connectivity index (χ4v) is 2.50. The molecule has 0 bridgehead atoms. The number of aromatic nitrogens is 1. The zero-order chi connectivity index (χ0) is 16.4. The first-order chi connectivity index (χ1) is 11.1. The smallest absolute Gasteiger partial charge is 0.266 e. The van der Waals surface area contributed by atoms with Crippen molar-refractivity contribution in [3.8, 4) is 34.2 Å². The van der Waals surface area contributed by atoms with E-state index in [1.54, 1.807) is 48.5 Å². The Morgan fingerprint density at radius 1 is 1.04 bits per heavy atom. The van der Waals surface area contributed by atoms with Crippen LogP contribution in [0.25, 0.3) is 22.4 Å². The van der Waals surface area contributed by atoms with E-state index >= 15 is 0 Å². The summed E-state index contributed by atoms with van der Waals surface area (Å²) in [7, 11) is 0. The second-order valence-corrected chi connectivity index (χ2v) is 5.37. The Hall–Kier alpha value is -3.03. The molecular formula is C18H11ClN2O2. The molecule has 0 aliphatic rings. The average Bonchev–Trinajstić information content (AvgIpc) is 2.55. The van der Waals surface area contributed by atoms with Gasteiger partial charge in [0.15, 0.2) is 0 Å². The van der Waals surface area contributed by atoms with Gasteiger partial charge in [-0.3, -0.25) is 4.79 Å². The van der Waals surface area contributed by atoms with Gasteiger partial charge in [-0.1, -0.05) is 35.9 Å². The largest absolute Gasteiger partial charge is 0.507 e. The number of rotatable bonds is 2. The lowest BCUT2D eigenvalue weighted by molar-refractivity contribution is 0.477. The number of hydrogen-bond acceptors (Lipinski definition) is 3. The van der Waals surface area contributed by atoms with E-state index in [1.807, 2.05) is 6.07 Å². The number of halogens is 1. The van der Waals surface area contributed by atoms with Gasteiger partial charge >= 0.3 is 0 Å². The Morgan fingerprint density at radius 3 is 2.39 bits per heavy atom. The molecule has 0 radical (unpaired) electrons. The molecule has 3 aromatic rings. The molecule has 1 heterocycles. The van der Waals surface area contributed by atoms with Crippen molar-refractivity contribution in [2.45, 2.75) is 0 Å². The van der Waals surface area contributed by atoms with Gasteiger partial charge in [-0.15, -0.1) is 0 Å². The molecule has 1 aromatic heterocycles. The highest BCUT2D eigenvalue weighted by molar-refractivity contribution is 6.30. The molecule has 0 aliphatic carbocycles. The molecule has 3 rings (SSSR count). The van der Waals surface area contributed by atoms with Crippen LogP contribution in [0, 0.1) is 11.3 Å². The Balaban J connectivity index is 2.27. The predicted molar refractivity (Wildman–Crippen MR) is 89.3 cm³/mol. The second kappa shape index (κ2) is 5.99. The number of aromatic hydroxyl groups is 1. The van der Waals surface area contributed by atoms with Gasteiger partial charge in [0.25, 0.3) is 5.56 Å².